The van der Waals surface area contributed by atoms with Crippen molar-refractivity contribution in [2.75, 3.05) is 14.1 Å². The topological polar surface area (TPSA) is 81.0 Å². The Bertz CT molecular complexity index is 786. The number of hydrogen-bond acceptors (Lipinski definition) is 4. The molecule has 0 radical (unpaired) electrons. The summed E-state index contributed by atoms with van der Waals surface area (Å²) in [6.45, 7) is 0. The number of unbranched alkanes of at least 4 members (excludes halogenated alkanes) is 1. The van der Waals surface area contributed by atoms with E-state index in [2.05, 4.69) is 6.08 Å². The van der Waals surface area contributed by atoms with Gasteiger partial charge in [0.05, 0.1) is 18.0 Å². The molecule has 1 aromatic rings. The molecule has 31 heavy (non-hydrogen) atoms. The first-order chi connectivity index (χ1) is 14.8. The monoisotopic (exact) mass is 427 g/mol. The minimum absolute atomic E-state index is 0.169. The molecule has 1 saturated carbocycles. The molecular weight excluding hydrogens is 390 g/mol. The molecule has 1 unspecified atom stereocenters. The van der Waals surface area contributed by atoms with Crippen LogP contribution in [-0.4, -0.2) is 52.4 Å². The summed E-state index contributed by atoms with van der Waals surface area (Å²) >= 11 is 0. The lowest BCUT2D eigenvalue weighted by Gasteiger charge is -2.25. The lowest BCUT2D eigenvalue weighted by atomic mass is 9.84. The molecule has 5 atom stereocenters. The highest BCUT2D eigenvalue weighted by Crippen LogP contribution is 2.49. The summed E-state index contributed by atoms with van der Waals surface area (Å²) < 4.78 is 0. The third kappa shape index (κ3) is 6.44. The van der Waals surface area contributed by atoms with Gasteiger partial charge in [0, 0.05) is 32.9 Å². The first kappa shape index (κ1) is 23.6. The Morgan fingerprint density at radius 1 is 1.16 bits per heavy atom. The normalized spacial score (nSPS) is 26.5. The fourth-order valence-corrected chi connectivity index (χ4v) is 5.16. The number of aryl methyl sites for hydroxylation is 1. The van der Waals surface area contributed by atoms with Crippen LogP contribution in [0.4, 0.5) is 0 Å². The highest BCUT2D eigenvalue weighted by atomic mass is 16.3. The molecule has 1 fully saturated rings. The van der Waals surface area contributed by atoms with Crippen LogP contribution in [0, 0.1) is 17.8 Å². The van der Waals surface area contributed by atoms with E-state index in [-0.39, 0.29) is 23.5 Å². The third-order valence-electron chi connectivity index (χ3n) is 6.86. The second-order valence-corrected chi connectivity index (χ2v) is 9.37. The van der Waals surface area contributed by atoms with Crippen molar-refractivity contribution in [3.63, 3.8) is 0 Å². The summed E-state index contributed by atoms with van der Waals surface area (Å²) in [5.74, 6) is 0.633. The zero-order valence-corrected chi connectivity index (χ0v) is 18.8. The van der Waals surface area contributed by atoms with Crippen LogP contribution >= 0.6 is 0 Å². The van der Waals surface area contributed by atoms with Gasteiger partial charge in [-0.05, 0) is 62.0 Å². The fourth-order valence-electron chi connectivity index (χ4n) is 5.16. The molecule has 0 saturated heterocycles. The number of amides is 1. The Morgan fingerprint density at radius 3 is 2.61 bits per heavy atom. The van der Waals surface area contributed by atoms with E-state index in [0.29, 0.717) is 25.2 Å². The number of aliphatic hydroxyl groups excluding tert-OH is 3. The molecule has 1 amide bonds. The minimum atomic E-state index is -0.841. The number of rotatable bonds is 10. The van der Waals surface area contributed by atoms with E-state index in [9.17, 15) is 20.1 Å². The van der Waals surface area contributed by atoms with Gasteiger partial charge in [-0.2, -0.15) is 0 Å². The van der Waals surface area contributed by atoms with Gasteiger partial charge in [0.15, 0.2) is 0 Å². The summed E-state index contributed by atoms with van der Waals surface area (Å²) in [7, 11) is 3.57. The molecule has 1 aromatic carbocycles. The predicted octanol–water partition coefficient (Wildman–Crippen LogP) is 4.01. The lowest BCUT2D eigenvalue weighted by Crippen LogP contribution is -2.31. The largest absolute Gasteiger partial charge is 0.513 e. The van der Waals surface area contributed by atoms with Crippen molar-refractivity contribution < 1.29 is 20.1 Å². The average molecular weight is 428 g/mol. The summed E-state index contributed by atoms with van der Waals surface area (Å²) in [5, 5.41) is 31.7. The fraction of sp³-hybridized carbons (Fsp3) is 0.577. The van der Waals surface area contributed by atoms with E-state index in [4.69, 9.17) is 0 Å². The summed E-state index contributed by atoms with van der Waals surface area (Å²) in [4.78, 5) is 13.3. The minimum Gasteiger partial charge on any atom is -0.513 e. The lowest BCUT2D eigenvalue weighted by molar-refractivity contribution is -0.128. The number of fused-ring (bicyclic) bond motifs is 1. The second kappa shape index (κ2) is 11.0. The van der Waals surface area contributed by atoms with E-state index < -0.39 is 12.2 Å². The third-order valence-corrected chi connectivity index (χ3v) is 6.86. The molecule has 2 aliphatic carbocycles. The SMILES string of the molecule is CN(C)C(=O)CCCCC1=C[C@H]2C[C@@H](O)[C@H](C(O)C=C(O)CCc3ccccc3)[C@H]2C1. The molecule has 0 heterocycles. The van der Waals surface area contributed by atoms with Crippen molar-refractivity contribution in [1.29, 1.82) is 0 Å². The van der Waals surface area contributed by atoms with Gasteiger partial charge >= 0.3 is 0 Å². The molecule has 5 nitrogen and oxygen atoms in total. The maximum Gasteiger partial charge on any atom is 0.222 e. The molecule has 5 heteroatoms. The summed E-state index contributed by atoms with van der Waals surface area (Å²) in [6.07, 6.45) is 8.63. The van der Waals surface area contributed by atoms with Crippen LogP contribution in [0.1, 0.15) is 50.5 Å². The van der Waals surface area contributed by atoms with Crippen LogP contribution in [0.2, 0.25) is 0 Å². The van der Waals surface area contributed by atoms with E-state index in [1.165, 1.54) is 11.6 Å². The molecule has 3 rings (SSSR count). The summed E-state index contributed by atoms with van der Waals surface area (Å²) in [5.41, 5.74) is 2.53. The Labute approximate surface area is 186 Å². The van der Waals surface area contributed by atoms with E-state index >= 15 is 0 Å². The number of carbonyl (C=O) groups is 1. The molecule has 0 bridgehead atoms. The number of carbonyl (C=O) groups excluding carboxylic acids is 1. The van der Waals surface area contributed by atoms with Crippen LogP contribution in [-0.2, 0) is 11.2 Å². The quantitative estimate of drug-likeness (QED) is 0.299. The highest BCUT2D eigenvalue weighted by Gasteiger charge is 2.47. The van der Waals surface area contributed by atoms with Crippen molar-refractivity contribution in [2.24, 2.45) is 17.8 Å². The van der Waals surface area contributed by atoms with Gasteiger partial charge in [0.25, 0.3) is 0 Å². The zero-order chi connectivity index (χ0) is 22.4. The Balaban J connectivity index is 1.48. The van der Waals surface area contributed by atoms with Crippen molar-refractivity contribution in [2.45, 2.75) is 63.6 Å². The average Bonchev–Trinajstić information content (AvgIpc) is 3.25. The van der Waals surface area contributed by atoms with Gasteiger partial charge in [-0.3, -0.25) is 4.79 Å². The number of aliphatic hydroxyl groups is 3. The van der Waals surface area contributed by atoms with Crippen LogP contribution in [0.3, 0.4) is 0 Å². The first-order valence-corrected chi connectivity index (χ1v) is 11.5. The number of benzene rings is 1. The van der Waals surface area contributed by atoms with Gasteiger partial charge in [0.2, 0.25) is 5.91 Å². The van der Waals surface area contributed by atoms with Gasteiger partial charge in [-0.1, -0.05) is 42.0 Å². The van der Waals surface area contributed by atoms with Gasteiger partial charge in [-0.15, -0.1) is 0 Å². The smallest absolute Gasteiger partial charge is 0.222 e. The van der Waals surface area contributed by atoms with Crippen molar-refractivity contribution in [3.05, 3.63) is 59.4 Å². The summed E-state index contributed by atoms with van der Waals surface area (Å²) in [6, 6.07) is 9.97. The molecule has 0 spiro atoms. The molecule has 2 aliphatic rings. The van der Waals surface area contributed by atoms with Crippen molar-refractivity contribution in [3.8, 4) is 0 Å². The second-order valence-electron chi connectivity index (χ2n) is 9.37. The maximum absolute atomic E-state index is 11.7. The van der Waals surface area contributed by atoms with Crippen molar-refractivity contribution in [1.82, 2.24) is 4.90 Å². The highest BCUT2D eigenvalue weighted by molar-refractivity contribution is 5.75. The van der Waals surface area contributed by atoms with Gasteiger partial charge in [0.1, 0.15) is 0 Å². The van der Waals surface area contributed by atoms with E-state index in [1.54, 1.807) is 19.0 Å². The zero-order valence-electron chi connectivity index (χ0n) is 18.8. The molecule has 0 aliphatic heterocycles. The van der Waals surface area contributed by atoms with Crippen LogP contribution < -0.4 is 0 Å². The maximum atomic E-state index is 11.7. The van der Waals surface area contributed by atoms with E-state index in [0.717, 1.165) is 37.7 Å². The first-order valence-electron chi connectivity index (χ1n) is 11.5. The number of hydrogen-bond donors (Lipinski definition) is 3. The Morgan fingerprint density at radius 2 is 1.90 bits per heavy atom. The Kier molecular flexibility index (Phi) is 8.33. The van der Waals surface area contributed by atoms with Gasteiger partial charge in [-0.25, -0.2) is 0 Å². The molecular formula is C26H37NO4. The number of allylic oxidation sites excluding steroid dienone is 3. The van der Waals surface area contributed by atoms with Crippen LogP contribution in [0.5, 0.6) is 0 Å². The molecule has 170 valence electrons. The standard InChI is InChI=1S/C26H37NO4/c1-27(2)25(31)11-7-6-10-19-14-20-16-23(29)26(22(20)15-19)24(30)17-21(28)13-12-18-8-4-3-5-9-18/h3-5,8-9,14,17,20,22-24,26,28-30H,6-7,10-13,15-16H2,1-2H3/t20-,22-,23+,24?,26+/m0/s1. The van der Waals surface area contributed by atoms with E-state index in [1.807, 2.05) is 30.3 Å². The molecule has 3 N–H and O–H groups in total. The van der Waals surface area contributed by atoms with Crippen LogP contribution in [0.15, 0.2) is 53.8 Å². The Hall–Kier alpha value is -2.11. The van der Waals surface area contributed by atoms with Crippen LogP contribution in [0.25, 0.3) is 0 Å². The van der Waals surface area contributed by atoms with Crippen molar-refractivity contribution >= 4 is 5.91 Å². The number of nitrogens with zero attached hydrogens (tertiary/aromatic N) is 1. The van der Waals surface area contributed by atoms with Gasteiger partial charge < -0.3 is 20.2 Å². The predicted molar refractivity (Wildman–Crippen MR) is 122 cm³/mol. The molecule has 0 aromatic heterocycles.